The van der Waals surface area contributed by atoms with Crippen molar-refractivity contribution < 1.29 is 17.9 Å². The monoisotopic (exact) mass is 442 g/mol. The van der Waals surface area contributed by atoms with Crippen LogP contribution >= 0.6 is 0 Å². The first kappa shape index (κ1) is 21.7. The first-order valence-corrected chi connectivity index (χ1v) is 12.3. The van der Waals surface area contributed by atoms with E-state index in [-0.39, 0.29) is 16.4 Å². The molecule has 0 saturated heterocycles. The summed E-state index contributed by atoms with van der Waals surface area (Å²) in [6.45, 7) is 5.04. The standard InChI is InChI=1S/C24H30N2O4S/c1-24(2,19-9-4-3-5-10-19)25-16-17-8-6-7-11-21(17)26-31(28,29)23-15-18-14-20(27)12-13-22(18)30-23/h6-8,11-15,19,25-27H,3-5,9-10,16H2,1-2H3. The number of fused-ring (bicyclic) bond motifs is 1. The molecular weight excluding hydrogens is 412 g/mol. The van der Waals surface area contributed by atoms with Crippen molar-refractivity contribution in [2.24, 2.45) is 5.92 Å². The van der Waals surface area contributed by atoms with Gasteiger partial charge in [0.25, 0.3) is 10.0 Å². The highest BCUT2D eigenvalue weighted by atomic mass is 32.2. The number of hydrogen-bond donors (Lipinski definition) is 3. The second kappa shape index (κ2) is 8.55. The molecule has 0 atom stereocenters. The van der Waals surface area contributed by atoms with Crippen molar-refractivity contribution in [1.82, 2.24) is 5.32 Å². The zero-order valence-corrected chi connectivity index (χ0v) is 18.8. The number of rotatable bonds is 7. The molecule has 3 N–H and O–H groups in total. The Morgan fingerprint density at radius 1 is 1.06 bits per heavy atom. The molecule has 0 aliphatic heterocycles. The van der Waals surface area contributed by atoms with Gasteiger partial charge in [0.15, 0.2) is 0 Å². The van der Waals surface area contributed by atoms with Crippen molar-refractivity contribution in [3.8, 4) is 5.75 Å². The predicted octanol–water partition coefficient (Wildman–Crippen LogP) is 5.39. The molecule has 1 saturated carbocycles. The molecule has 0 radical (unpaired) electrons. The summed E-state index contributed by atoms with van der Waals surface area (Å²) in [5.74, 6) is 0.680. The van der Waals surface area contributed by atoms with Gasteiger partial charge in [0.1, 0.15) is 11.3 Å². The lowest BCUT2D eigenvalue weighted by atomic mass is 9.76. The Hall–Kier alpha value is -2.51. The average molecular weight is 443 g/mol. The van der Waals surface area contributed by atoms with E-state index in [4.69, 9.17) is 4.42 Å². The maximum atomic E-state index is 13.0. The van der Waals surface area contributed by atoms with Crippen LogP contribution in [0, 0.1) is 5.92 Å². The molecule has 7 heteroatoms. The fraction of sp³-hybridized carbons (Fsp3) is 0.417. The fourth-order valence-electron chi connectivity index (χ4n) is 4.40. The Balaban J connectivity index is 1.52. The van der Waals surface area contributed by atoms with Gasteiger partial charge in [-0.1, -0.05) is 37.5 Å². The molecular formula is C24H30N2O4S. The summed E-state index contributed by atoms with van der Waals surface area (Å²) in [4.78, 5) is 0. The van der Waals surface area contributed by atoms with Crippen LogP contribution in [0.15, 0.2) is 58.0 Å². The van der Waals surface area contributed by atoms with E-state index in [1.54, 1.807) is 12.1 Å². The van der Waals surface area contributed by atoms with Gasteiger partial charge < -0.3 is 14.8 Å². The van der Waals surface area contributed by atoms with E-state index in [2.05, 4.69) is 23.9 Å². The Kier molecular flexibility index (Phi) is 5.99. The van der Waals surface area contributed by atoms with Gasteiger partial charge in [-0.25, -0.2) is 0 Å². The average Bonchev–Trinajstić information content (AvgIpc) is 3.18. The Bertz CT molecular complexity index is 1160. The smallest absolute Gasteiger partial charge is 0.295 e. The van der Waals surface area contributed by atoms with Crippen LogP contribution in [-0.2, 0) is 16.6 Å². The van der Waals surface area contributed by atoms with Crippen LogP contribution in [0.2, 0.25) is 0 Å². The largest absolute Gasteiger partial charge is 0.508 e. The SMILES string of the molecule is CC(C)(NCc1ccccc1NS(=O)(=O)c1cc2cc(O)ccc2o1)C1CCCCC1. The highest BCUT2D eigenvalue weighted by Crippen LogP contribution is 2.33. The third-order valence-electron chi connectivity index (χ3n) is 6.36. The maximum Gasteiger partial charge on any atom is 0.295 e. The number of aromatic hydroxyl groups is 1. The normalized spacial score (nSPS) is 15.9. The van der Waals surface area contributed by atoms with Crippen molar-refractivity contribution in [3.05, 3.63) is 54.1 Å². The number of para-hydroxylation sites is 1. The number of benzene rings is 2. The first-order valence-electron chi connectivity index (χ1n) is 10.8. The lowest BCUT2D eigenvalue weighted by molar-refractivity contribution is 0.193. The zero-order valence-electron chi connectivity index (χ0n) is 18.0. The molecule has 4 rings (SSSR count). The second-order valence-electron chi connectivity index (χ2n) is 8.96. The van der Waals surface area contributed by atoms with Crippen molar-refractivity contribution in [2.45, 2.75) is 63.1 Å². The van der Waals surface area contributed by atoms with Gasteiger partial charge in [-0.05, 0) is 62.4 Å². The van der Waals surface area contributed by atoms with Gasteiger partial charge in [-0.3, -0.25) is 4.72 Å². The van der Waals surface area contributed by atoms with Crippen LogP contribution in [0.5, 0.6) is 5.75 Å². The van der Waals surface area contributed by atoms with Gasteiger partial charge in [-0.2, -0.15) is 8.42 Å². The van der Waals surface area contributed by atoms with Crippen molar-refractivity contribution in [2.75, 3.05) is 4.72 Å². The summed E-state index contributed by atoms with van der Waals surface area (Å²) in [5.41, 5.74) is 1.79. The molecule has 3 aromatic rings. The van der Waals surface area contributed by atoms with E-state index < -0.39 is 10.0 Å². The zero-order chi connectivity index (χ0) is 22.1. The van der Waals surface area contributed by atoms with Crippen LogP contribution < -0.4 is 10.0 Å². The molecule has 0 bridgehead atoms. The minimum Gasteiger partial charge on any atom is -0.508 e. The van der Waals surface area contributed by atoms with Gasteiger partial charge in [-0.15, -0.1) is 0 Å². The number of phenolic OH excluding ortho intramolecular Hbond substituents is 1. The van der Waals surface area contributed by atoms with Crippen LogP contribution in [0.25, 0.3) is 11.0 Å². The summed E-state index contributed by atoms with van der Waals surface area (Å²) < 4.78 is 34.1. The molecule has 0 unspecified atom stereocenters. The van der Waals surface area contributed by atoms with Crippen LogP contribution in [0.4, 0.5) is 5.69 Å². The maximum absolute atomic E-state index is 13.0. The van der Waals surface area contributed by atoms with Gasteiger partial charge >= 0.3 is 0 Å². The molecule has 1 heterocycles. The summed E-state index contributed by atoms with van der Waals surface area (Å²) in [6, 6.07) is 13.3. The number of sulfonamides is 1. The second-order valence-corrected chi connectivity index (χ2v) is 10.6. The van der Waals surface area contributed by atoms with Crippen LogP contribution in [0.1, 0.15) is 51.5 Å². The van der Waals surface area contributed by atoms with Gasteiger partial charge in [0.05, 0.1) is 5.69 Å². The van der Waals surface area contributed by atoms with E-state index in [9.17, 15) is 13.5 Å². The fourth-order valence-corrected chi connectivity index (χ4v) is 5.47. The predicted molar refractivity (Wildman–Crippen MR) is 123 cm³/mol. The topological polar surface area (TPSA) is 91.6 Å². The van der Waals surface area contributed by atoms with E-state index >= 15 is 0 Å². The van der Waals surface area contributed by atoms with E-state index in [1.165, 1.54) is 50.3 Å². The molecule has 2 aromatic carbocycles. The van der Waals surface area contributed by atoms with Gasteiger partial charge in [0.2, 0.25) is 5.09 Å². The number of hydrogen-bond acceptors (Lipinski definition) is 5. The Morgan fingerprint density at radius 3 is 2.58 bits per heavy atom. The quantitative estimate of drug-likeness (QED) is 0.456. The molecule has 166 valence electrons. The van der Waals surface area contributed by atoms with Crippen molar-refractivity contribution in [3.63, 3.8) is 0 Å². The summed E-state index contributed by atoms with van der Waals surface area (Å²) >= 11 is 0. The number of phenols is 1. The highest BCUT2D eigenvalue weighted by molar-refractivity contribution is 7.92. The summed E-state index contributed by atoms with van der Waals surface area (Å²) in [6.07, 6.45) is 6.34. The third-order valence-corrected chi connectivity index (χ3v) is 7.58. The summed E-state index contributed by atoms with van der Waals surface area (Å²) in [5, 5.41) is 13.6. The van der Waals surface area contributed by atoms with Crippen LogP contribution in [0.3, 0.4) is 0 Å². The lowest BCUT2D eigenvalue weighted by Gasteiger charge is -2.38. The third kappa shape index (κ3) is 4.88. The first-order chi connectivity index (χ1) is 14.7. The van der Waals surface area contributed by atoms with Crippen molar-refractivity contribution >= 4 is 26.7 Å². The molecule has 1 fully saturated rings. The Labute approximate surface area is 183 Å². The van der Waals surface area contributed by atoms with E-state index in [0.717, 1.165) is 5.56 Å². The number of nitrogens with one attached hydrogen (secondary N) is 2. The highest BCUT2D eigenvalue weighted by Gasteiger charge is 2.30. The Morgan fingerprint density at radius 2 is 1.81 bits per heavy atom. The minimum atomic E-state index is -3.91. The molecule has 0 amide bonds. The molecule has 6 nitrogen and oxygen atoms in total. The van der Waals surface area contributed by atoms with Gasteiger partial charge in [0, 0.05) is 23.5 Å². The minimum absolute atomic E-state index is 0.0207. The van der Waals surface area contributed by atoms with E-state index in [1.807, 2.05) is 18.2 Å². The van der Waals surface area contributed by atoms with Crippen molar-refractivity contribution in [1.29, 1.82) is 0 Å². The molecule has 1 aliphatic rings. The van der Waals surface area contributed by atoms with E-state index in [0.29, 0.717) is 29.1 Å². The molecule has 1 aliphatic carbocycles. The van der Waals surface area contributed by atoms with Crippen LogP contribution in [-0.4, -0.2) is 19.1 Å². The summed E-state index contributed by atoms with van der Waals surface area (Å²) in [7, 11) is -3.91. The molecule has 1 aromatic heterocycles. The number of anilines is 1. The number of furan rings is 1. The molecule has 0 spiro atoms. The molecule has 31 heavy (non-hydrogen) atoms. The lowest BCUT2D eigenvalue weighted by Crippen LogP contribution is -2.46.